The van der Waals surface area contributed by atoms with Gasteiger partial charge >= 0.3 is 0 Å². The molecule has 0 aliphatic carbocycles. The Morgan fingerprint density at radius 2 is 2.29 bits per heavy atom. The molecule has 2 fully saturated rings. The molecule has 2 saturated heterocycles. The van der Waals surface area contributed by atoms with E-state index < -0.39 is 11.7 Å². The summed E-state index contributed by atoms with van der Waals surface area (Å²) in [6.45, 7) is 1.71. The third-order valence-electron chi connectivity index (χ3n) is 4.99. The van der Waals surface area contributed by atoms with Crippen LogP contribution >= 0.6 is 0 Å². The predicted octanol–water partition coefficient (Wildman–Crippen LogP) is 0.703. The number of nitrogens with zero attached hydrogens (tertiary/aromatic N) is 2. The minimum Gasteiger partial charge on any atom is -0.497 e. The zero-order valence-corrected chi connectivity index (χ0v) is 14.6. The van der Waals surface area contributed by atoms with Gasteiger partial charge in [-0.3, -0.25) is 4.79 Å². The molecule has 0 saturated carbocycles. The number of benzene rings is 1. The van der Waals surface area contributed by atoms with Crippen LogP contribution < -0.4 is 4.74 Å². The van der Waals surface area contributed by atoms with Crippen molar-refractivity contribution in [1.29, 1.82) is 0 Å². The number of aliphatic hydroxyl groups excluding tert-OH is 1. The summed E-state index contributed by atoms with van der Waals surface area (Å²) in [7, 11) is 5.39. The summed E-state index contributed by atoms with van der Waals surface area (Å²) in [6.07, 6.45) is 0.0757. The van der Waals surface area contributed by atoms with Gasteiger partial charge in [0.15, 0.2) is 0 Å². The van der Waals surface area contributed by atoms with Gasteiger partial charge in [-0.15, -0.1) is 0 Å². The molecule has 3 atom stereocenters. The largest absolute Gasteiger partial charge is 0.497 e. The lowest BCUT2D eigenvalue weighted by Gasteiger charge is -2.26. The number of aliphatic hydroxyl groups is 1. The Balaban J connectivity index is 1.70. The third kappa shape index (κ3) is 3.27. The molecule has 24 heavy (non-hydrogen) atoms. The van der Waals surface area contributed by atoms with Crippen LogP contribution in [0.15, 0.2) is 24.3 Å². The molecule has 3 rings (SSSR count). The molecule has 0 radical (unpaired) electrons. The molecule has 0 bridgehead atoms. The summed E-state index contributed by atoms with van der Waals surface area (Å²) in [5, 5.41) is 10.5. The van der Waals surface area contributed by atoms with Gasteiger partial charge in [0.2, 0.25) is 5.91 Å². The summed E-state index contributed by atoms with van der Waals surface area (Å²) in [4.78, 5) is 15.8. The fourth-order valence-corrected chi connectivity index (χ4v) is 3.68. The zero-order valence-electron chi connectivity index (χ0n) is 14.6. The van der Waals surface area contributed by atoms with Crippen molar-refractivity contribution in [3.05, 3.63) is 29.8 Å². The first-order valence-corrected chi connectivity index (χ1v) is 8.32. The van der Waals surface area contributed by atoms with Crippen LogP contribution in [0, 0.1) is 0 Å². The molecule has 2 aliphatic rings. The molecule has 0 unspecified atom stereocenters. The fraction of sp³-hybridized carbons (Fsp3) is 0.611. The molecule has 2 aliphatic heterocycles. The van der Waals surface area contributed by atoms with Crippen LogP contribution in [0.5, 0.6) is 5.75 Å². The van der Waals surface area contributed by atoms with Crippen molar-refractivity contribution < 1.29 is 19.4 Å². The fourth-order valence-electron chi connectivity index (χ4n) is 3.68. The second-order valence-corrected chi connectivity index (χ2v) is 7.08. The smallest absolute Gasteiger partial charge is 0.236 e. The molecule has 1 aromatic carbocycles. The molecule has 1 spiro atoms. The summed E-state index contributed by atoms with van der Waals surface area (Å²) >= 11 is 0. The highest BCUT2D eigenvalue weighted by molar-refractivity contribution is 5.78. The van der Waals surface area contributed by atoms with Gasteiger partial charge in [0.1, 0.15) is 17.5 Å². The number of hydrogen-bond donors (Lipinski definition) is 1. The molecular formula is C18H26N2O4. The molecule has 6 heteroatoms. The second-order valence-electron chi connectivity index (χ2n) is 7.08. The van der Waals surface area contributed by atoms with E-state index in [0.29, 0.717) is 32.7 Å². The number of likely N-dealkylation sites (N-methyl/N-ethyl adjacent to an activating group) is 1. The van der Waals surface area contributed by atoms with Crippen molar-refractivity contribution in [3.8, 4) is 5.75 Å². The van der Waals surface area contributed by atoms with Crippen molar-refractivity contribution in [3.63, 3.8) is 0 Å². The van der Waals surface area contributed by atoms with Crippen molar-refractivity contribution >= 4 is 5.91 Å². The Bertz CT molecular complexity index is 606. The van der Waals surface area contributed by atoms with Crippen LogP contribution in [-0.4, -0.2) is 80.0 Å². The zero-order chi connectivity index (χ0) is 17.3. The average Bonchev–Trinajstić information content (AvgIpc) is 3.12. The Morgan fingerprint density at radius 3 is 3.00 bits per heavy atom. The highest BCUT2D eigenvalue weighted by Gasteiger charge is 2.53. The maximum atomic E-state index is 12.3. The van der Waals surface area contributed by atoms with E-state index in [-0.39, 0.29) is 11.8 Å². The number of rotatable bonds is 4. The molecular weight excluding hydrogens is 308 g/mol. The van der Waals surface area contributed by atoms with E-state index in [9.17, 15) is 9.90 Å². The lowest BCUT2D eigenvalue weighted by molar-refractivity contribution is -0.131. The van der Waals surface area contributed by atoms with E-state index in [0.717, 1.165) is 11.3 Å². The molecule has 132 valence electrons. The Hall–Kier alpha value is -1.63. The number of methoxy groups -OCH3 is 1. The first-order valence-electron chi connectivity index (χ1n) is 8.32. The summed E-state index contributed by atoms with van der Waals surface area (Å²) < 4.78 is 11.3. The lowest BCUT2D eigenvalue weighted by atomic mass is 9.87. The van der Waals surface area contributed by atoms with Crippen LogP contribution in [0.2, 0.25) is 0 Å². The highest BCUT2D eigenvalue weighted by atomic mass is 16.5. The number of hydrogen-bond acceptors (Lipinski definition) is 5. The minimum absolute atomic E-state index is 0.0318. The van der Waals surface area contributed by atoms with Crippen molar-refractivity contribution in [1.82, 2.24) is 9.80 Å². The van der Waals surface area contributed by atoms with Gasteiger partial charge in [0.05, 0.1) is 26.8 Å². The number of ether oxygens (including phenoxy) is 2. The Kier molecular flexibility index (Phi) is 4.80. The maximum absolute atomic E-state index is 12.3. The van der Waals surface area contributed by atoms with Gasteiger partial charge in [-0.2, -0.15) is 0 Å². The van der Waals surface area contributed by atoms with Crippen molar-refractivity contribution in [2.45, 2.75) is 24.0 Å². The van der Waals surface area contributed by atoms with Crippen molar-refractivity contribution in [2.75, 3.05) is 47.4 Å². The summed E-state index contributed by atoms with van der Waals surface area (Å²) in [6, 6.07) is 7.97. The lowest BCUT2D eigenvalue weighted by Crippen LogP contribution is -2.42. The number of β-amino-alcohol motifs (C(OH)–C–C–N with tert-alkyl or cyclic N) is 1. The van der Waals surface area contributed by atoms with Gasteiger partial charge in [-0.05, 0) is 38.2 Å². The normalized spacial score (nSPS) is 29.6. The number of amides is 1. The monoisotopic (exact) mass is 334 g/mol. The van der Waals surface area contributed by atoms with E-state index in [1.165, 1.54) is 0 Å². The quantitative estimate of drug-likeness (QED) is 0.878. The van der Waals surface area contributed by atoms with E-state index in [2.05, 4.69) is 6.07 Å². The first-order chi connectivity index (χ1) is 11.4. The van der Waals surface area contributed by atoms with Gasteiger partial charge in [-0.1, -0.05) is 12.1 Å². The predicted molar refractivity (Wildman–Crippen MR) is 90.2 cm³/mol. The third-order valence-corrected chi connectivity index (χ3v) is 4.99. The van der Waals surface area contributed by atoms with Crippen LogP contribution in [0.3, 0.4) is 0 Å². The Labute approximate surface area is 143 Å². The second kappa shape index (κ2) is 6.70. The average molecular weight is 334 g/mol. The van der Waals surface area contributed by atoms with E-state index in [1.807, 2.05) is 37.2 Å². The summed E-state index contributed by atoms with van der Waals surface area (Å²) in [5.41, 5.74) is 0.506. The minimum atomic E-state index is -0.643. The molecule has 0 aromatic heterocycles. The standard InChI is InChI=1S/C18H26N2O4/c1-19(2)10-17(22)20-9-16(21)18(12-20)8-14(11-24-18)13-5-4-6-15(7-13)23-3/h4-7,14,16,21H,8-12H2,1-3H3/t14-,16-,18-/m1/s1. The van der Waals surface area contributed by atoms with E-state index >= 15 is 0 Å². The van der Waals surface area contributed by atoms with Gasteiger partial charge in [0.25, 0.3) is 0 Å². The molecule has 1 aromatic rings. The van der Waals surface area contributed by atoms with E-state index in [1.54, 1.807) is 12.0 Å². The number of carbonyl (C=O) groups excluding carboxylic acids is 1. The highest BCUT2D eigenvalue weighted by Crippen LogP contribution is 2.42. The van der Waals surface area contributed by atoms with Crippen LogP contribution in [0.4, 0.5) is 0 Å². The molecule has 1 N–H and O–H groups in total. The first kappa shape index (κ1) is 17.2. The topological polar surface area (TPSA) is 62.2 Å². The molecule has 1 amide bonds. The van der Waals surface area contributed by atoms with Crippen LogP contribution in [0.25, 0.3) is 0 Å². The molecule has 6 nitrogen and oxygen atoms in total. The number of carbonyl (C=O) groups is 1. The van der Waals surface area contributed by atoms with Gasteiger partial charge < -0.3 is 24.4 Å². The maximum Gasteiger partial charge on any atom is 0.236 e. The van der Waals surface area contributed by atoms with E-state index in [4.69, 9.17) is 9.47 Å². The van der Waals surface area contributed by atoms with Crippen LogP contribution in [-0.2, 0) is 9.53 Å². The van der Waals surface area contributed by atoms with Gasteiger partial charge in [-0.25, -0.2) is 0 Å². The van der Waals surface area contributed by atoms with Crippen molar-refractivity contribution in [2.24, 2.45) is 0 Å². The SMILES string of the molecule is COc1cccc([C@H]2CO[C@]3(C2)CN(C(=O)CN(C)C)C[C@H]3O)c1. The Morgan fingerprint density at radius 1 is 1.50 bits per heavy atom. The van der Waals surface area contributed by atoms with Gasteiger partial charge in [0, 0.05) is 12.5 Å². The summed E-state index contributed by atoms with van der Waals surface area (Å²) in [5.74, 6) is 1.06. The van der Waals surface area contributed by atoms with Crippen LogP contribution in [0.1, 0.15) is 17.9 Å². The number of likely N-dealkylation sites (tertiary alicyclic amines) is 1. The molecule has 2 heterocycles.